The van der Waals surface area contributed by atoms with Crippen LogP contribution in [0.4, 0.5) is 5.82 Å². The second-order valence-electron chi connectivity index (χ2n) is 4.60. The van der Waals surface area contributed by atoms with E-state index in [1.807, 2.05) is 38.1 Å². The van der Waals surface area contributed by atoms with Gasteiger partial charge in [-0.15, -0.1) is 24.0 Å². The summed E-state index contributed by atoms with van der Waals surface area (Å²) in [6.07, 6.45) is 2.70. The van der Waals surface area contributed by atoms with Gasteiger partial charge in [0.15, 0.2) is 5.96 Å². The van der Waals surface area contributed by atoms with Gasteiger partial charge in [-0.1, -0.05) is 0 Å². The number of nitrogens with zero attached hydrogens (tertiary/aromatic N) is 3. The lowest BCUT2D eigenvalue weighted by Gasteiger charge is -2.11. The number of halogens is 1. The molecule has 0 atom stereocenters. The van der Waals surface area contributed by atoms with Crippen LogP contribution in [-0.2, 0) is 11.3 Å². The Hall–Kier alpha value is -1.09. The summed E-state index contributed by atoms with van der Waals surface area (Å²) in [4.78, 5) is 10.5. The van der Waals surface area contributed by atoms with E-state index in [1.165, 1.54) is 0 Å². The van der Waals surface area contributed by atoms with Gasteiger partial charge in [0.05, 0.1) is 6.54 Å². The van der Waals surface area contributed by atoms with E-state index in [0.29, 0.717) is 12.5 Å². The van der Waals surface area contributed by atoms with Crippen LogP contribution in [0.3, 0.4) is 0 Å². The molecule has 0 aliphatic heterocycles. The lowest BCUT2D eigenvalue weighted by atomic mass is 10.2. The Morgan fingerprint density at radius 1 is 1.48 bits per heavy atom. The summed E-state index contributed by atoms with van der Waals surface area (Å²) in [7, 11) is 3.92. The summed E-state index contributed by atoms with van der Waals surface area (Å²) < 4.78 is 5.25. The van der Waals surface area contributed by atoms with Crippen LogP contribution in [-0.4, -0.2) is 44.8 Å². The van der Waals surface area contributed by atoms with Crippen LogP contribution in [0.5, 0.6) is 0 Å². The van der Waals surface area contributed by atoms with E-state index in [0.717, 1.165) is 37.6 Å². The van der Waals surface area contributed by atoms with E-state index in [2.05, 4.69) is 15.3 Å². The van der Waals surface area contributed by atoms with Crippen molar-refractivity contribution in [3.05, 3.63) is 23.9 Å². The fourth-order valence-corrected chi connectivity index (χ4v) is 1.57. The normalized spacial score (nSPS) is 10.9. The average Bonchev–Trinajstić information content (AvgIpc) is 2.45. The molecule has 1 aromatic rings. The molecule has 1 rings (SSSR count). The number of hydrogen-bond donors (Lipinski definition) is 2. The topological polar surface area (TPSA) is 75.8 Å². The molecule has 1 heterocycles. The lowest BCUT2D eigenvalue weighted by molar-refractivity contribution is 0.145. The van der Waals surface area contributed by atoms with E-state index in [4.69, 9.17) is 10.5 Å². The number of pyridine rings is 1. The van der Waals surface area contributed by atoms with Crippen molar-refractivity contribution in [3.63, 3.8) is 0 Å². The van der Waals surface area contributed by atoms with Crippen LogP contribution in [0.2, 0.25) is 0 Å². The third kappa shape index (κ3) is 8.71. The first-order chi connectivity index (χ1) is 9.63. The molecule has 1 aromatic heterocycles. The maximum Gasteiger partial charge on any atom is 0.188 e. The van der Waals surface area contributed by atoms with E-state index in [-0.39, 0.29) is 24.0 Å². The minimum absolute atomic E-state index is 0. The Morgan fingerprint density at radius 2 is 2.24 bits per heavy atom. The number of nitrogens with two attached hydrogens (primary N) is 1. The van der Waals surface area contributed by atoms with Gasteiger partial charge in [-0.05, 0) is 31.0 Å². The molecule has 120 valence electrons. The fraction of sp³-hybridized carbons (Fsp3) is 0.571. The zero-order valence-electron chi connectivity index (χ0n) is 13.0. The number of rotatable bonds is 8. The zero-order chi connectivity index (χ0) is 14.8. The molecule has 0 saturated carbocycles. The first kappa shape index (κ1) is 19.9. The van der Waals surface area contributed by atoms with Gasteiger partial charge < -0.3 is 20.7 Å². The number of guanidine groups is 1. The zero-order valence-corrected chi connectivity index (χ0v) is 15.3. The quantitative estimate of drug-likeness (QED) is 0.296. The van der Waals surface area contributed by atoms with Crippen molar-refractivity contribution in [2.24, 2.45) is 10.7 Å². The van der Waals surface area contributed by atoms with Gasteiger partial charge in [0, 0.05) is 40.1 Å². The van der Waals surface area contributed by atoms with Crippen molar-refractivity contribution >= 4 is 35.8 Å². The van der Waals surface area contributed by atoms with Crippen LogP contribution in [0, 0.1) is 0 Å². The molecule has 0 aliphatic carbocycles. The number of nitrogens with one attached hydrogen (secondary N) is 1. The number of anilines is 1. The molecule has 0 amide bonds. The molecule has 6 nitrogen and oxygen atoms in total. The van der Waals surface area contributed by atoms with E-state index >= 15 is 0 Å². The monoisotopic (exact) mass is 407 g/mol. The largest absolute Gasteiger partial charge is 0.382 e. The second-order valence-corrected chi connectivity index (χ2v) is 4.60. The summed E-state index contributed by atoms with van der Waals surface area (Å²) in [5.41, 5.74) is 6.89. The minimum atomic E-state index is 0. The van der Waals surface area contributed by atoms with Gasteiger partial charge in [-0.25, -0.2) is 9.98 Å². The first-order valence-electron chi connectivity index (χ1n) is 6.87. The Balaban J connectivity index is 0.00000400. The second kappa shape index (κ2) is 11.6. The Bertz CT molecular complexity index is 426. The highest BCUT2D eigenvalue weighted by Crippen LogP contribution is 2.10. The van der Waals surface area contributed by atoms with Gasteiger partial charge in [0.1, 0.15) is 5.82 Å². The van der Waals surface area contributed by atoms with Crippen LogP contribution in [0.25, 0.3) is 0 Å². The molecule has 21 heavy (non-hydrogen) atoms. The van der Waals surface area contributed by atoms with E-state index < -0.39 is 0 Å². The summed E-state index contributed by atoms with van der Waals surface area (Å²) >= 11 is 0. The maximum absolute atomic E-state index is 5.81. The fourth-order valence-electron chi connectivity index (χ4n) is 1.57. The summed E-state index contributed by atoms with van der Waals surface area (Å²) in [6.45, 7) is 4.80. The van der Waals surface area contributed by atoms with Crippen LogP contribution >= 0.6 is 24.0 Å². The maximum atomic E-state index is 5.81. The van der Waals surface area contributed by atoms with Gasteiger partial charge in [0.2, 0.25) is 0 Å². The van der Waals surface area contributed by atoms with Crippen molar-refractivity contribution < 1.29 is 4.74 Å². The van der Waals surface area contributed by atoms with Crippen molar-refractivity contribution in [2.45, 2.75) is 19.9 Å². The number of aromatic nitrogens is 1. The molecule has 0 aromatic carbocycles. The van der Waals surface area contributed by atoms with Crippen LogP contribution < -0.4 is 16.0 Å². The predicted molar refractivity (Wildman–Crippen MR) is 98.4 cm³/mol. The minimum Gasteiger partial charge on any atom is -0.382 e. The van der Waals surface area contributed by atoms with Crippen molar-refractivity contribution in [3.8, 4) is 0 Å². The summed E-state index contributed by atoms with van der Waals surface area (Å²) in [6, 6.07) is 3.95. The molecule has 0 unspecified atom stereocenters. The summed E-state index contributed by atoms with van der Waals surface area (Å²) in [5.74, 6) is 1.38. The molecule has 0 spiro atoms. The SMILES string of the molecule is CCOCCCNC(N)=NCc1ccnc(N(C)C)c1.I. The van der Waals surface area contributed by atoms with Crippen molar-refractivity contribution in [1.29, 1.82) is 0 Å². The Morgan fingerprint density at radius 3 is 2.90 bits per heavy atom. The van der Waals surface area contributed by atoms with Gasteiger partial charge >= 0.3 is 0 Å². The summed E-state index contributed by atoms with van der Waals surface area (Å²) in [5, 5.41) is 3.07. The number of aliphatic imine (C=N–C) groups is 1. The Kier molecular flexibility index (Phi) is 11.0. The molecule has 0 aliphatic rings. The molecule has 3 N–H and O–H groups in total. The highest BCUT2D eigenvalue weighted by Gasteiger charge is 1.99. The van der Waals surface area contributed by atoms with Crippen molar-refractivity contribution in [2.75, 3.05) is 38.8 Å². The lowest BCUT2D eigenvalue weighted by Crippen LogP contribution is -2.32. The molecule has 0 bridgehead atoms. The smallest absolute Gasteiger partial charge is 0.188 e. The highest BCUT2D eigenvalue weighted by atomic mass is 127. The molecule has 0 saturated heterocycles. The molecule has 0 fully saturated rings. The third-order valence-corrected chi connectivity index (χ3v) is 2.68. The number of hydrogen-bond acceptors (Lipinski definition) is 4. The number of ether oxygens (including phenoxy) is 1. The molecular formula is C14H26IN5O. The van der Waals surface area contributed by atoms with Crippen LogP contribution in [0.1, 0.15) is 18.9 Å². The Labute approximate surface area is 144 Å². The average molecular weight is 407 g/mol. The highest BCUT2D eigenvalue weighted by molar-refractivity contribution is 14.0. The standard InChI is InChI=1S/C14H25N5O.HI/c1-4-20-9-5-7-17-14(15)18-11-12-6-8-16-13(10-12)19(2)3;/h6,8,10H,4-5,7,9,11H2,1-3H3,(H3,15,17,18);1H. The van der Waals surface area contributed by atoms with Gasteiger partial charge in [-0.2, -0.15) is 0 Å². The van der Waals surface area contributed by atoms with Gasteiger partial charge in [-0.3, -0.25) is 0 Å². The molecule has 0 radical (unpaired) electrons. The first-order valence-corrected chi connectivity index (χ1v) is 6.87. The third-order valence-electron chi connectivity index (χ3n) is 2.68. The van der Waals surface area contributed by atoms with Crippen LogP contribution in [0.15, 0.2) is 23.3 Å². The molecular weight excluding hydrogens is 381 g/mol. The van der Waals surface area contributed by atoms with E-state index in [9.17, 15) is 0 Å². The van der Waals surface area contributed by atoms with Gasteiger partial charge in [0.25, 0.3) is 0 Å². The van der Waals surface area contributed by atoms with Crippen molar-refractivity contribution in [1.82, 2.24) is 10.3 Å². The predicted octanol–water partition coefficient (Wildman–Crippen LogP) is 1.60. The molecule has 7 heteroatoms. The van der Waals surface area contributed by atoms with E-state index in [1.54, 1.807) is 6.20 Å².